The van der Waals surface area contributed by atoms with Crippen molar-refractivity contribution in [2.24, 2.45) is 56.2 Å². The number of nitrogens with zero attached hydrogens (tertiary/aromatic N) is 1. The first-order valence-corrected chi connectivity index (χ1v) is 15.5. The predicted molar refractivity (Wildman–Crippen MR) is 149 cm³/mol. The number of halogens is 3. The summed E-state index contributed by atoms with van der Waals surface area (Å²) in [6, 6.07) is -0.704. The highest BCUT2D eigenvalue weighted by atomic mass is 19.4. The van der Waals surface area contributed by atoms with E-state index in [1.165, 1.54) is 0 Å². The van der Waals surface area contributed by atoms with Crippen LogP contribution in [0.1, 0.15) is 106 Å². The monoisotopic (exact) mass is 576 g/mol. The van der Waals surface area contributed by atoms with Crippen LogP contribution in [0.5, 0.6) is 0 Å². The molecule has 0 heterocycles. The van der Waals surface area contributed by atoms with Crippen LogP contribution in [0.3, 0.4) is 0 Å². The molecule has 0 saturated heterocycles. The molecule has 8 heteroatoms. The van der Waals surface area contributed by atoms with Crippen molar-refractivity contribution in [2.75, 3.05) is 6.54 Å². The number of hydrogen-bond acceptors (Lipinski definition) is 3. The first-order chi connectivity index (χ1) is 18.7. The third-order valence-corrected chi connectivity index (χ3v) is 13.8. The van der Waals surface area contributed by atoms with Crippen molar-refractivity contribution in [1.29, 1.82) is 0 Å². The van der Waals surface area contributed by atoms with Crippen molar-refractivity contribution < 1.29 is 27.6 Å². The lowest BCUT2D eigenvalue weighted by Crippen LogP contribution is -2.70. The Morgan fingerprint density at radius 1 is 0.927 bits per heavy atom. The van der Waals surface area contributed by atoms with Gasteiger partial charge in [0.1, 0.15) is 12.3 Å². The topological polar surface area (TPSA) is 67.6 Å². The summed E-state index contributed by atoms with van der Waals surface area (Å²) in [5, 5.41) is 2.23. The van der Waals surface area contributed by atoms with Gasteiger partial charge in [0, 0.05) is 24.2 Å². The van der Waals surface area contributed by atoms with Gasteiger partial charge in [0.25, 0.3) is 6.04 Å². The number of alkyl halides is 3. The summed E-state index contributed by atoms with van der Waals surface area (Å²) in [4.78, 5) is 45.3. The maximum atomic E-state index is 14.5. The first kappa shape index (κ1) is 30.5. The number of ketones is 2. The summed E-state index contributed by atoms with van der Waals surface area (Å²) in [5.74, 6) is -1.03. The lowest BCUT2D eigenvalue weighted by Gasteiger charge is -2.72. The van der Waals surface area contributed by atoms with E-state index in [-0.39, 0.29) is 45.6 Å². The number of hydrogen-bond donors (Lipinski definition) is 1. The summed E-state index contributed by atoms with van der Waals surface area (Å²) in [6.07, 6.45) is 0.994. The van der Waals surface area contributed by atoms with Crippen LogP contribution < -0.4 is 5.32 Å². The number of amides is 1. The van der Waals surface area contributed by atoms with E-state index in [0.29, 0.717) is 38.5 Å². The highest BCUT2D eigenvalue weighted by Crippen LogP contribution is 2.76. The minimum Gasteiger partial charge on any atom is -0.346 e. The molecule has 0 aromatic heterocycles. The second-order valence-corrected chi connectivity index (χ2v) is 16.5. The fraction of sp³-hybridized carbons (Fsp3) is 0.879. The zero-order valence-corrected chi connectivity index (χ0v) is 25.8. The highest BCUT2D eigenvalue weighted by molar-refractivity contribution is 5.92. The van der Waals surface area contributed by atoms with Crippen LogP contribution in [0.4, 0.5) is 13.2 Å². The summed E-state index contributed by atoms with van der Waals surface area (Å²) >= 11 is 0. The zero-order valence-electron chi connectivity index (χ0n) is 25.8. The molecular weight excluding hydrogens is 529 g/mol. The van der Waals surface area contributed by atoms with E-state index in [1.807, 2.05) is 13.8 Å². The lowest BCUT2D eigenvalue weighted by atomic mass is 9.31. The van der Waals surface area contributed by atoms with Crippen LogP contribution in [-0.2, 0) is 14.4 Å². The van der Waals surface area contributed by atoms with Crippen molar-refractivity contribution in [1.82, 2.24) is 5.32 Å². The molecule has 41 heavy (non-hydrogen) atoms. The van der Waals surface area contributed by atoms with Crippen molar-refractivity contribution in [3.05, 3.63) is 11.4 Å². The predicted octanol–water partition coefficient (Wildman–Crippen LogP) is 7.19. The average molecular weight is 577 g/mol. The van der Waals surface area contributed by atoms with Gasteiger partial charge in [-0.05, 0) is 84.4 Å². The second-order valence-electron chi connectivity index (χ2n) is 16.5. The van der Waals surface area contributed by atoms with Gasteiger partial charge >= 0.3 is 6.18 Å². The van der Waals surface area contributed by atoms with Gasteiger partial charge in [0.15, 0.2) is 0 Å². The van der Waals surface area contributed by atoms with Gasteiger partial charge in [-0.25, -0.2) is 6.57 Å². The quantitative estimate of drug-likeness (QED) is 0.354. The first-order valence-electron chi connectivity index (χ1n) is 15.5. The van der Waals surface area contributed by atoms with E-state index >= 15 is 0 Å². The number of fused-ring (bicyclic) bond motifs is 7. The Bertz CT molecular complexity index is 1200. The molecule has 5 aliphatic rings. The maximum absolute atomic E-state index is 14.5. The fourth-order valence-corrected chi connectivity index (χ4v) is 11.5. The van der Waals surface area contributed by atoms with E-state index in [0.717, 1.165) is 19.3 Å². The van der Waals surface area contributed by atoms with Crippen LogP contribution in [-0.4, -0.2) is 36.2 Å². The van der Waals surface area contributed by atoms with Gasteiger partial charge in [-0.15, -0.1) is 0 Å². The molecule has 1 amide bonds. The minimum absolute atomic E-state index is 0.00211. The number of carbonyl (C=O) groups excluding carboxylic acids is 3. The summed E-state index contributed by atoms with van der Waals surface area (Å²) in [7, 11) is 0. The lowest BCUT2D eigenvalue weighted by molar-refractivity contribution is -0.233. The Balaban J connectivity index is 1.57. The van der Waals surface area contributed by atoms with E-state index in [1.54, 1.807) is 0 Å². The number of Topliss-reactive ketones (excluding diaryl/α,β-unsaturated/α-hetero) is 2. The number of rotatable bonds is 2. The molecule has 5 aliphatic carbocycles. The minimum atomic E-state index is -4.49. The van der Waals surface area contributed by atoms with E-state index in [4.69, 9.17) is 6.57 Å². The van der Waals surface area contributed by atoms with E-state index < -0.39 is 46.8 Å². The van der Waals surface area contributed by atoms with Gasteiger partial charge in [-0.1, -0.05) is 48.5 Å². The molecular formula is C33H47F3N2O3. The number of nitrogens with one attached hydrogen (secondary N) is 1. The zero-order chi connectivity index (χ0) is 30.6. The molecule has 0 radical (unpaired) electrons. The van der Waals surface area contributed by atoms with Gasteiger partial charge in [0.2, 0.25) is 11.7 Å². The van der Waals surface area contributed by atoms with Crippen molar-refractivity contribution in [2.45, 2.75) is 118 Å². The average Bonchev–Trinajstić information content (AvgIpc) is 2.85. The van der Waals surface area contributed by atoms with Crippen LogP contribution in [0, 0.1) is 62.7 Å². The van der Waals surface area contributed by atoms with Crippen LogP contribution >= 0.6 is 0 Å². The molecule has 0 spiro atoms. The third kappa shape index (κ3) is 4.17. The van der Waals surface area contributed by atoms with E-state index in [9.17, 15) is 27.6 Å². The largest absolute Gasteiger partial charge is 0.405 e. The molecule has 0 aromatic carbocycles. The Labute approximate surface area is 243 Å². The maximum Gasteiger partial charge on any atom is 0.405 e. The van der Waals surface area contributed by atoms with Gasteiger partial charge in [-0.3, -0.25) is 14.4 Å². The molecule has 5 rings (SSSR count). The normalized spacial score (nSPS) is 46.7. The van der Waals surface area contributed by atoms with Crippen molar-refractivity contribution in [3.8, 4) is 0 Å². The Kier molecular flexibility index (Phi) is 6.74. The summed E-state index contributed by atoms with van der Waals surface area (Å²) in [6.45, 7) is 21.4. The Morgan fingerprint density at radius 2 is 1.56 bits per heavy atom. The molecule has 9 atom stereocenters. The molecule has 5 saturated carbocycles. The third-order valence-electron chi connectivity index (χ3n) is 13.8. The number of carbonyl (C=O) groups is 3. The standard InChI is InChI=1S/C33H47F3N2O3/c1-27(2)11-13-32(26(41)38-18-33(34,35)36)14-12-31(7)24(19(32)16-27)21(39)15-23-29(5)17-20(37-8)25(40)28(3,4)22(29)9-10-30(23,31)6/h19-20,22-24H,9-18H2,1-7H3,(H,38,41)/t19-,20?,22-,23+,24-,29-,30+,31+,32-/m0/s1. The second kappa shape index (κ2) is 9.05. The molecule has 1 N–H and O–H groups in total. The molecule has 0 aliphatic heterocycles. The molecule has 0 bridgehead atoms. The van der Waals surface area contributed by atoms with Crippen LogP contribution in [0.15, 0.2) is 0 Å². The Hall–Kier alpha value is -1.91. The smallest absolute Gasteiger partial charge is 0.346 e. The van der Waals surface area contributed by atoms with Crippen LogP contribution in [0.25, 0.3) is 4.85 Å². The van der Waals surface area contributed by atoms with Crippen molar-refractivity contribution >= 4 is 17.5 Å². The van der Waals surface area contributed by atoms with Gasteiger partial charge < -0.3 is 10.2 Å². The van der Waals surface area contributed by atoms with Crippen molar-refractivity contribution in [3.63, 3.8) is 0 Å². The molecule has 0 aromatic rings. The fourth-order valence-electron chi connectivity index (χ4n) is 11.5. The Morgan fingerprint density at radius 3 is 2.17 bits per heavy atom. The summed E-state index contributed by atoms with van der Waals surface area (Å²) in [5.41, 5.74) is -2.76. The van der Waals surface area contributed by atoms with Gasteiger partial charge in [-0.2, -0.15) is 13.2 Å². The molecule has 5 fully saturated rings. The summed E-state index contributed by atoms with van der Waals surface area (Å²) < 4.78 is 39.5. The molecule has 5 nitrogen and oxygen atoms in total. The van der Waals surface area contributed by atoms with Crippen LogP contribution in [0.2, 0.25) is 0 Å². The van der Waals surface area contributed by atoms with Gasteiger partial charge in [0.05, 0.1) is 5.41 Å². The molecule has 1 unspecified atom stereocenters. The van der Waals surface area contributed by atoms with E-state index in [2.05, 4.69) is 44.8 Å². The highest BCUT2D eigenvalue weighted by Gasteiger charge is 2.74. The SMILES string of the molecule is [C-]#[N+]C1C[C@]2(C)[C@H]3CC(=O)[C@@H]4[C@@H]5CC(C)(C)CC[C@]5(C(=O)NCC(F)(F)F)CC[C@@]4(C)[C@]3(C)CC[C@H]2C(C)(C)C1=O. The molecule has 228 valence electrons.